The number of hydrogen-bond acceptors (Lipinski definition) is 5. The van der Waals surface area contributed by atoms with Gasteiger partial charge in [0, 0.05) is 19.2 Å². The van der Waals surface area contributed by atoms with E-state index >= 15 is 0 Å². The molecular formula is C10H15N5. The van der Waals surface area contributed by atoms with Crippen LogP contribution in [0.25, 0.3) is 0 Å². The molecule has 0 bridgehead atoms. The average Bonchev–Trinajstić information content (AvgIpc) is 2.17. The van der Waals surface area contributed by atoms with Crippen LogP contribution in [0, 0.1) is 0 Å². The predicted molar refractivity (Wildman–Crippen MR) is 61.4 cm³/mol. The summed E-state index contributed by atoms with van der Waals surface area (Å²) in [7, 11) is 0. The van der Waals surface area contributed by atoms with Gasteiger partial charge in [0.25, 0.3) is 0 Å². The van der Waals surface area contributed by atoms with Crippen LogP contribution >= 0.6 is 0 Å². The molecule has 1 aliphatic heterocycles. The summed E-state index contributed by atoms with van der Waals surface area (Å²) in [5, 5.41) is 0. The summed E-state index contributed by atoms with van der Waals surface area (Å²) in [5.74, 6) is 1.46. The predicted octanol–water partition coefficient (Wildman–Crippen LogP) is 0.797. The van der Waals surface area contributed by atoms with E-state index in [9.17, 15) is 0 Å². The SMILES string of the molecule is CC1=CCN(c2cc(N)nc(N)n2)CC1. The van der Waals surface area contributed by atoms with Crippen LogP contribution in [0.4, 0.5) is 17.6 Å². The highest BCUT2D eigenvalue weighted by molar-refractivity contribution is 5.51. The number of nitrogens with zero attached hydrogens (tertiary/aromatic N) is 3. The Morgan fingerprint density at radius 2 is 2.13 bits per heavy atom. The highest BCUT2D eigenvalue weighted by Crippen LogP contribution is 2.19. The molecule has 2 rings (SSSR count). The van der Waals surface area contributed by atoms with Crippen molar-refractivity contribution in [3.05, 3.63) is 17.7 Å². The van der Waals surface area contributed by atoms with Crippen LogP contribution in [0.15, 0.2) is 17.7 Å². The Hall–Kier alpha value is -1.78. The lowest BCUT2D eigenvalue weighted by atomic mass is 10.1. The van der Waals surface area contributed by atoms with Crippen LogP contribution < -0.4 is 16.4 Å². The van der Waals surface area contributed by atoms with Gasteiger partial charge in [-0.1, -0.05) is 11.6 Å². The smallest absolute Gasteiger partial charge is 0.223 e. The number of rotatable bonds is 1. The van der Waals surface area contributed by atoms with Crippen LogP contribution in [0.5, 0.6) is 0 Å². The van der Waals surface area contributed by atoms with E-state index in [1.807, 2.05) is 0 Å². The lowest BCUT2D eigenvalue weighted by molar-refractivity contribution is 0.775. The summed E-state index contributed by atoms with van der Waals surface area (Å²) in [6, 6.07) is 1.75. The quantitative estimate of drug-likeness (QED) is 0.663. The van der Waals surface area contributed by atoms with Gasteiger partial charge in [-0.2, -0.15) is 9.97 Å². The summed E-state index contributed by atoms with van der Waals surface area (Å²) in [4.78, 5) is 10.2. The number of hydrogen-bond donors (Lipinski definition) is 2. The zero-order valence-electron chi connectivity index (χ0n) is 8.77. The van der Waals surface area contributed by atoms with Crippen LogP contribution in [0.3, 0.4) is 0 Å². The average molecular weight is 205 g/mol. The van der Waals surface area contributed by atoms with Crippen molar-refractivity contribution in [3.8, 4) is 0 Å². The lowest BCUT2D eigenvalue weighted by Gasteiger charge is -2.26. The Morgan fingerprint density at radius 1 is 1.33 bits per heavy atom. The Bertz CT molecular complexity index is 379. The molecule has 1 aromatic heterocycles. The molecule has 2 heterocycles. The van der Waals surface area contributed by atoms with Crippen molar-refractivity contribution in [2.75, 3.05) is 29.5 Å². The molecule has 1 aromatic rings. The molecule has 0 aromatic carbocycles. The maximum Gasteiger partial charge on any atom is 0.223 e. The van der Waals surface area contributed by atoms with Gasteiger partial charge < -0.3 is 16.4 Å². The highest BCUT2D eigenvalue weighted by atomic mass is 15.2. The maximum atomic E-state index is 5.62. The van der Waals surface area contributed by atoms with Crippen molar-refractivity contribution in [2.45, 2.75) is 13.3 Å². The minimum Gasteiger partial charge on any atom is -0.383 e. The molecule has 0 amide bonds. The van der Waals surface area contributed by atoms with Crippen LogP contribution in [0.2, 0.25) is 0 Å². The van der Waals surface area contributed by atoms with Gasteiger partial charge in [-0.05, 0) is 13.3 Å². The normalized spacial score (nSPS) is 16.3. The van der Waals surface area contributed by atoms with Crippen molar-refractivity contribution in [1.82, 2.24) is 9.97 Å². The highest BCUT2D eigenvalue weighted by Gasteiger charge is 2.12. The molecule has 0 aliphatic carbocycles. The van der Waals surface area contributed by atoms with Crippen molar-refractivity contribution in [1.29, 1.82) is 0 Å². The second kappa shape index (κ2) is 3.76. The summed E-state index contributed by atoms with van der Waals surface area (Å²) in [6.07, 6.45) is 3.25. The Labute approximate surface area is 88.8 Å². The number of anilines is 3. The third kappa shape index (κ3) is 2.18. The van der Waals surface area contributed by atoms with Crippen LogP contribution in [0.1, 0.15) is 13.3 Å². The first kappa shape index (κ1) is 9.76. The van der Waals surface area contributed by atoms with E-state index in [0.717, 1.165) is 25.3 Å². The molecule has 0 radical (unpaired) electrons. The first-order chi connectivity index (χ1) is 7.15. The van der Waals surface area contributed by atoms with Crippen molar-refractivity contribution >= 4 is 17.6 Å². The monoisotopic (exact) mass is 205 g/mol. The second-order valence-electron chi connectivity index (χ2n) is 3.76. The number of nitrogens with two attached hydrogens (primary N) is 2. The van der Waals surface area contributed by atoms with Crippen molar-refractivity contribution < 1.29 is 0 Å². The maximum absolute atomic E-state index is 5.62. The lowest BCUT2D eigenvalue weighted by Crippen LogP contribution is -2.29. The molecule has 1 aliphatic rings. The van der Waals surface area contributed by atoms with Gasteiger partial charge in [-0.25, -0.2) is 0 Å². The molecular weight excluding hydrogens is 190 g/mol. The van der Waals surface area contributed by atoms with E-state index in [2.05, 4.69) is 27.9 Å². The minimum atomic E-state index is 0.233. The minimum absolute atomic E-state index is 0.233. The van der Waals surface area contributed by atoms with Gasteiger partial charge in [0.1, 0.15) is 11.6 Å². The zero-order valence-corrected chi connectivity index (χ0v) is 8.77. The molecule has 4 N–H and O–H groups in total. The first-order valence-electron chi connectivity index (χ1n) is 4.96. The van der Waals surface area contributed by atoms with E-state index in [1.165, 1.54) is 5.57 Å². The largest absolute Gasteiger partial charge is 0.383 e. The van der Waals surface area contributed by atoms with E-state index in [0.29, 0.717) is 5.82 Å². The summed E-state index contributed by atoms with van der Waals surface area (Å²) in [6.45, 7) is 3.96. The molecule has 0 unspecified atom stereocenters. The molecule has 0 fully saturated rings. The Kier molecular flexibility index (Phi) is 2.45. The summed E-state index contributed by atoms with van der Waals surface area (Å²) in [5.41, 5.74) is 12.6. The van der Waals surface area contributed by atoms with Crippen LogP contribution in [-0.2, 0) is 0 Å². The fraction of sp³-hybridized carbons (Fsp3) is 0.400. The van der Waals surface area contributed by atoms with E-state index in [-0.39, 0.29) is 5.95 Å². The fourth-order valence-corrected chi connectivity index (χ4v) is 1.61. The number of nitrogen functional groups attached to an aromatic ring is 2. The molecule has 80 valence electrons. The van der Waals surface area contributed by atoms with Gasteiger partial charge >= 0.3 is 0 Å². The zero-order chi connectivity index (χ0) is 10.8. The Morgan fingerprint density at radius 3 is 2.73 bits per heavy atom. The van der Waals surface area contributed by atoms with Crippen molar-refractivity contribution in [2.24, 2.45) is 0 Å². The molecule has 5 nitrogen and oxygen atoms in total. The third-order valence-electron chi connectivity index (χ3n) is 2.51. The van der Waals surface area contributed by atoms with Gasteiger partial charge in [-0.3, -0.25) is 0 Å². The van der Waals surface area contributed by atoms with E-state index < -0.39 is 0 Å². The van der Waals surface area contributed by atoms with Gasteiger partial charge in [0.2, 0.25) is 5.95 Å². The molecule has 5 heteroatoms. The van der Waals surface area contributed by atoms with E-state index in [1.54, 1.807) is 6.07 Å². The molecule has 0 saturated heterocycles. The molecule has 0 spiro atoms. The Balaban J connectivity index is 2.23. The number of aromatic nitrogens is 2. The topological polar surface area (TPSA) is 81.1 Å². The van der Waals surface area contributed by atoms with Crippen LogP contribution in [-0.4, -0.2) is 23.1 Å². The van der Waals surface area contributed by atoms with Gasteiger partial charge in [0.15, 0.2) is 0 Å². The van der Waals surface area contributed by atoms with Gasteiger partial charge in [-0.15, -0.1) is 0 Å². The summed E-state index contributed by atoms with van der Waals surface area (Å²) >= 11 is 0. The molecule has 15 heavy (non-hydrogen) atoms. The third-order valence-corrected chi connectivity index (χ3v) is 2.51. The fourth-order valence-electron chi connectivity index (χ4n) is 1.61. The van der Waals surface area contributed by atoms with E-state index in [4.69, 9.17) is 11.5 Å². The first-order valence-corrected chi connectivity index (χ1v) is 4.96. The molecule has 0 saturated carbocycles. The standard InChI is InChI=1S/C10H15N5/c1-7-2-4-15(5-3-7)9-6-8(11)13-10(12)14-9/h2,6H,3-5H2,1H3,(H4,11,12,13,14). The summed E-state index contributed by atoms with van der Waals surface area (Å²) < 4.78 is 0. The second-order valence-corrected chi connectivity index (χ2v) is 3.76. The van der Waals surface area contributed by atoms with Crippen molar-refractivity contribution in [3.63, 3.8) is 0 Å². The molecule has 0 atom stereocenters. The van der Waals surface area contributed by atoms with Gasteiger partial charge in [0.05, 0.1) is 0 Å².